The second kappa shape index (κ2) is 5.48. The van der Waals surface area contributed by atoms with Crippen LogP contribution in [-0.4, -0.2) is 36.0 Å². The van der Waals surface area contributed by atoms with Crippen molar-refractivity contribution in [3.63, 3.8) is 0 Å². The second-order valence-corrected chi connectivity index (χ2v) is 4.12. The first-order valence-corrected chi connectivity index (χ1v) is 5.51. The third-order valence-electron chi connectivity index (χ3n) is 2.71. The molecule has 0 bridgehead atoms. The molecule has 0 heterocycles. The molecule has 1 rings (SSSR count). The van der Waals surface area contributed by atoms with Crippen molar-refractivity contribution < 1.29 is 14.7 Å². The van der Waals surface area contributed by atoms with Gasteiger partial charge in [0.15, 0.2) is 0 Å². The average molecular weight is 235 g/mol. The fourth-order valence-corrected chi connectivity index (χ4v) is 1.72. The molecular formula is C13H17NO3. The number of benzene rings is 1. The predicted octanol–water partition coefficient (Wildman–Crippen LogP) is 1.97. The zero-order valence-electron chi connectivity index (χ0n) is 10.3. The van der Waals surface area contributed by atoms with Gasteiger partial charge < -0.3 is 10.0 Å². The summed E-state index contributed by atoms with van der Waals surface area (Å²) < 4.78 is 0. The summed E-state index contributed by atoms with van der Waals surface area (Å²) >= 11 is 0. The SMILES string of the molecule is CC[C@@H](C(=O)N(C)C)c1ccc(C(=O)O)cc1. The molecule has 17 heavy (non-hydrogen) atoms. The molecule has 1 aromatic carbocycles. The number of carboxylic acid groups (broad SMARTS) is 1. The lowest BCUT2D eigenvalue weighted by atomic mass is 9.94. The minimum absolute atomic E-state index is 0.0376. The summed E-state index contributed by atoms with van der Waals surface area (Å²) in [6.45, 7) is 1.94. The van der Waals surface area contributed by atoms with Gasteiger partial charge in [0.2, 0.25) is 5.91 Å². The Balaban J connectivity index is 2.97. The molecule has 0 radical (unpaired) electrons. The van der Waals surface area contributed by atoms with Crippen LogP contribution in [0.15, 0.2) is 24.3 Å². The number of amides is 1. The molecule has 0 fully saturated rings. The molecule has 0 saturated heterocycles. The molecule has 92 valence electrons. The van der Waals surface area contributed by atoms with Crippen LogP contribution in [0.4, 0.5) is 0 Å². The Morgan fingerprint density at radius 3 is 2.12 bits per heavy atom. The van der Waals surface area contributed by atoms with E-state index in [0.29, 0.717) is 6.42 Å². The number of rotatable bonds is 4. The highest BCUT2D eigenvalue weighted by atomic mass is 16.4. The van der Waals surface area contributed by atoms with Crippen molar-refractivity contribution in [1.82, 2.24) is 4.90 Å². The van der Waals surface area contributed by atoms with Gasteiger partial charge in [-0.05, 0) is 24.1 Å². The Hall–Kier alpha value is -1.84. The maximum absolute atomic E-state index is 11.9. The summed E-state index contributed by atoms with van der Waals surface area (Å²) in [6, 6.07) is 6.48. The van der Waals surface area contributed by atoms with Crippen molar-refractivity contribution >= 4 is 11.9 Å². The molecule has 1 N–H and O–H groups in total. The number of likely N-dealkylation sites (N-methyl/N-ethyl adjacent to an activating group) is 1. The third kappa shape index (κ3) is 3.06. The molecule has 0 unspecified atom stereocenters. The van der Waals surface area contributed by atoms with Gasteiger partial charge in [-0.15, -0.1) is 0 Å². The van der Waals surface area contributed by atoms with Crippen molar-refractivity contribution in [2.45, 2.75) is 19.3 Å². The lowest BCUT2D eigenvalue weighted by Gasteiger charge is -2.19. The van der Waals surface area contributed by atoms with Crippen LogP contribution in [0.25, 0.3) is 0 Å². The van der Waals surface area contributed by atoms with E-state index in [9.17, 15) is 9.59 Å². The molecule has 0 spiro atoms. The second-order valence-electron chi connectivity index (χ2n) is 4.12. The molecule has 1 amide bonds. The highest BCUT2D eigenvalue weighted by Gasteiger charge is 2.20. The van der Waals surface area contributed by atoms with E-state index in [1.165, 1.54) is 12.1 Å². The molecule has 1 aromatic rings. The highest BCUT2D eigenvalue weighted by molar-refractivity contribution is 5.88. The van der Waals surface area contributed by atoms with Crippen LogP contribution in [0.3, 0.4) is 0 Å². The smallest absolute Gasteiger partial charge is 0.335 e. The largest absolute Gasteiger partial charge is 0.478 e. The monoisotopic (exact) mass is 235 g/mol. The number of nitrogens with zero attached hydrogens (tertiary/aromatic N) is 1. The van der Waals surface area contributed by atoms with E-state index in [-0.39, 0.29) is 17.4 Å². The van der Waals surface area contributed by atoms with Crippen molar-refractivity contribution in [2.75, 3.05) is 14.1 Å². The fraction of sp³-hybridized carbons (Fsp3) is 0.385. The zero-order chi connectivity index (χ0) is 13.0. The van der Waals surface area contributed by atoms with Gasteiger partial charge >= 0.3 is 5.97 Å². The van der Waals surface area contributed by atoms with Gasteiger partial charge in [0, 0.05) is 14.1 Å². The minimum atomic E-state index is -0.955. The number of hydrogen-bond acceptors (Lipinski definition) is 2. The molecule has 4 nitrogen and oxygen atoms in total. The van der Waals surface area contributed by atoms with Crippen molar-refractivity contribution in [3.8, 4) is 0 Å². The van der Waals surface area contributed by atoms with Crippen LogP contribution >= 0.6 is 0 Å². The molecule has 0 aromatic heterocycles. The van der Waals surface area contributed by atoms with E-state index >= 15 is 0 Å². The Kier molecular flexibility index (Phi) is 4.26. The summed E-state index contributed by atoms with van der Waals surface area (Å²) in [4.78, 5) is 24.2. The van der Waals surface area contributed by atoms with Crippen LogP contribution in [0, 0.1) is 0 Å². The normalized spacial score (nSPS) is 11.9. The quantitative estimate of drug-likeness (QED) is 0.868. The predicted molar refractivity (Wildman–Crippen MR) is 65.1 cm³/mol. The number of hydrogen-bond donors (Lipinski definition) is 1. The number of carbonyl (C=O) groups excluding carboxylic acids is 1. The first-order valence-electron chi connectivity index (χ1n) is 5.51. The lowest BCUT2D eigenvalue weighted by Crippen LogP contribution is -2.27. The van der Waals surface area contributed by atoms with E-state index in [1.54, 1.807) is 31.1 Å². The molecular weight excluding hydrogens is 218 g/mol. The van der Waals surface area contributed by atoms with Crippen LogP contribution in [0.5, 0.6) is 0 Å². The average Bonchev–Trinajstić information content (AvgIpc) is 2.30. The Morgan fingerprint density at radius 2 is 1.76 bits per heavy atom. The van der Waals surface area contributed by atoms with Crippen LogP contribution in [-0.2, 0) is 4.79 Å². The summed E-state index contributed by atoms with van der Waals surface area (Å²) in [5.74, 6) is -1.12. The first kappa shape index (κ1) is 13.2. The van der Waals surface area contributed by atoms with E-state index < -0.39 is 5.97 Å². The highest BCUT2D eigenvalue weighted by Crippen LogP contribution is 2.21. The summed E-state index contributed by atoms with van der Waals surface area (Å²) in [6.07, 6.45) is 0.698. The van der Waals surface area contributed by atoms with Gasteiger partial charge in [0.1, 0.15) is 0 Å². The summed E-state index contributed by atoms with van der Waals surface area (Å²) in [7, 11) is 3.44. The lowest BCUT2D eigenvalue weighted by molar-refractivity contribution is -0.130. The zero-order valence-corrected chi connectivity index (χ0v) is 10.3. The van der Waals surface area contributed by atoms with Crippen molar-refractivity contribution in [1.29, 1.82) is 0 Å². The molecule has 0 saturated carbocycles. The van der Waals surface area contributed by atoms with Crippen molar-refractivity contribution in [2.24, 2.45) is 0 Å². The van der Waals surface area contributed by atoms with Gasteiger partial charge in [-0.2, -0.15) is 0 Å². The molecule has 4 heteroatoms. The van der Waals surface area contributed by atoms with Gasteiger partial charge in [0.05, 0.1) is 11.5 Å². The fourth-order valence-electron chi connectivity index (χ4n) is 1.72. The molecule has 0 aliphatic heterocycles. The Morgan fingerprint density at radius 1 is 1.24 bits per heavy atom. The van der Waals surface area contributed by atoms with E-state index in [2.05, 4.69) is 0 Å². The van der Waals surface area contributed by atoms with Crippen molar-refractivity contribution in [3.05, 3.63) is 35.4 Å². The topological polar surface area (TPSA) is 57.6 Å². The maximum Gasteiger partial charge on any atom is 0.335 e. The van der Waals surface area contributed by atoms with Crippen LogP contribution in [0.1, 0.15) is 35.2 Å². The standard InChI is InChI=1S/C13H17NO3/c1-4-11(12(15)14(2)3)9-5-7-10(8-6-9)13(16)17/h5-8,11H,4H2,1-3H3,(H,16,17)/t11-/m1/s1. The van der Waals surface area contributed by atoms with Gasteiger partial charge in [-0.3, -0.25) is 4.79 Å². The minimum Gasteiger partial charge on any atom is -0.478 e. The Labute approximate surface area is 101 Å². The molecule has 0 aliphatic carbocycles. The number of aromatic carboxylic acids is 1. The number of carbonyl (C=O) groups is 2. The number of carboxylic acids is 1. The van der Waals surface area contributed by atoms with Crippen LogP contribution in [0.2, 0.25) is 0 Å². The first-order chi connectivity index (χ1) is 7.97. The van der Waals surface area contributed by atoms with E-state index in [4.69, 9.17) is 5.11 Å². The maximum atomic E-state index is 11.9. The summed E-state index contributed by atoms with van der Waals surface area (Å²) in [5.41, 5.74) is 1.09. The van der Waals surface area contributed by atoms with E-state index in [1.807, 2.05) is 6.92 Å². The van der Waals surface area contributed by atoms with Crippen LogP contribution < -0.4 is 0 Å². The third-order valence-corrected chi connectivity index (χ3v) is 2.71. The van der Waals surface area contributed by atoms with Gasteiger partial charge in [0.25, 0.3) is 0 Å². The molecule has 0 aliphatic rings. The van der Waals surface area contributed by atoms with Gasteiger partial charge in [-0.1, -0.05) is 19.1 Å². The summed E-state index contributed by atoms with van der Waals surface area (Å²) in [5, 5.41) is 8.79. The molecule has 1 atom stereocenters. The van der Waals surface area contributed by atoms with Gasteiger partial charge in [-0.25, -0.2) is 4.79 Å². The Bertz CT molecular complexity index is 409. The van der Waals surface area contributed by atoms with E-state index in [0.717, 1.165) is 5.56 Å².